The van der Waals surface area contributed by atoms with Gasteiger partial charge in [0, 0.05) is 54.5 Å². The molecule has 3 heterocycles. The Morgan fingerprint density at radius 2 is 2.00 bits per heavy atom. The van der Waals surface area contributed by atoms with Crippen LogP contribution in [0, 0.1) is 17.0 Å². The molecule has 27 heavy (non-hydrogen) atoms. The third kappa shape index (κ3) is 3.27. The first-order valence-corrected chi connectivity index (χ1v) is 9.76. The van der Waals surface area contributed by atoms with E-state index < -0.39 is 23.8 Å². The number of carbonyl (C=O) groups is 1. The van der Waals surface area contributed by atoms with E-state index in [1.54, 1.807) is 4.90 Å². The topological polar surface area (TPSA) is 88.1 Å². The number of nitrogens with two attached hydrogens (primary N) is 2. The number of cyclic esters (lactones) is 1. The number of hydrogen-bond donors (Lipinski definition) is 2. The molecule has 0 radical (unpaired) electrons. The summed E-state index contributed by atoms with van der Waals surface area (Å²) in [5, 5.41) is 1.28. The van der Waals surface area contributed by atoms with Gasteiger partial charge in [0.1, 0.15) is 11.8 Å². The van der Waals surface area contributed by atoms with Crippen molar-refractivity contribution in [2.24, 2.45) is 17.0 Å². The summed E-state index contributed by atoms with van der Waals surface area (Å²) in [5.41, 5.74) is 5.59. The van der Waals surface area contributed by atoms with Crippen LogP contribution in [0.15, 0.2) is 24.5 Å². The predicted octanol–water partition coefficient (Wildman–Crippen LogP) is 1.45. The molecule has 1 spiro atoms. The van der Waals surface area contributed by atoms with E-state index in [0.29, 0.717) is 13.1 Å². The normalized spacial score (nSPS) is 23.5. The number of halogens is 2. The molecule has 1 atom stereocenters. The number of hydrazine groups is 1. The molecule has 0 bridgehead atoms. The molecule has 1 amide bonds. The van der Waals surface area contributed by atoms with Gasteiger partial charge >= 0.3 is 6.09 Å². The van der Waals surface area contributed by atoms with Gasteiger partial charge in [-0.2, -0.15) is 11.8 Å². The Hall–Kier alpha value is -2.20. The molecule has 7 nitrogen and oxygen atoms in total. The Bertz CT molecular complexity index is 758. The van der Waals surface area contributed by atoms with Crippen LogP contribution in [0.4, 0.5) is 25.0 Å². The highest BCUT2D eigenvalue weighted by atomic mass is 32.2. The van der Waals surface area contributed by atoms with Gasteiger partial charge < -0.3 is 20.4 Å². The van der Waals surface area contributed by atoms with E-state index >= 15 is 0 Å². The van der Waals surface area contributed by atoms with Gasteiger partial charge in [-0.1, -0.05) is 0 Å². The summed E-state index contributed by atoms with van der Waals surface area (Å²) in [7, 11) is 0. The van der Waals surface area contributed by atoms with E-state index in [0.717, 1.165) is 11.5 Å². The summed E-state index contributed by atoms with van der Waals surface area (Å²) in [6.07, 6.45) is 1.51. The van der Waals surface area contributed by atoms with Crippen LogP contribution < -0.4 is 21.4 Å². The number of hydrogen-bond acceptors (Lipinski definition) is 7. The van der Waals surface area contributed by atoms with Crippen molar-refractivity contribution in [1.29, 1.82) is 0 Å². The number of anilines is 2. The first kappa shape index (κ1) is 18.2. The lowest BCUT2D eigenvalue weighted by atomic mass is 9.82. The highest BCUT2D eigenvalue weighted by molar-refractivity contribution is 8.00. The first-order valence-electron chi connectivity index (χ1n) is 8.60. The fraction of sp³-hybridized carbons (Fsp3) is 0.471. The van der Waals surface area contributed by atoms with Gasteiger partial charge in [0.2, 0.25) is 0 Å². The average Bonchev–Trinajstić information content (AvgIpc) is 2.87. The molecular formula is C17H21F2N5O2S. The van der Waals surface area contributed by atoms with Gasteiger partial charge in [-0.05, 0) is 0 Å². The quantitative estimate of drug-likeness (QED) is 0.574. The minimum atomic E-state index is -0.672. The van der Waals surface area contributed by atoms with E-state index in [1.807, 2.05) is 11.8 Å². The lowest BCUT2D eigenvalue weighted by Crippen LogP contribution is -2.63. The maximum absolute atomic E-state index is 14.6. The van der Waals surface area contributed by atoms with Crippen molar-refractivity contribution >= 4 is 29.2 Å². The molecule has 1 unspecified atom stereocenters. The number of nitrogens with zero attached hydrogens (tertiary/aromatic N) is 3. The zero-order chi connectivity index (χ0) is 19.2. The van der Waals surface area contributed by atoms with Crippen molar-refractivity contribution < 1.29 is 18.3 Å². The summed E-state index contributed by atoms with van der Waals surface area (Å²) in [4.78, 5) is 15.0. The van der Waals surface area contributed by atoms with Gasteiger partial charge in [0.15, 0.2) is 11.6 Å². The van der Waals surface area contributed by atoms with Crippen molar-refractivity contribution in [2.45, 2.75) is 6.10 Å². The van der Waals surface area contributed by atoms with Gasteiger partial charge in [0.05, 0.1) is 18.8 Å². The second kappa shape index (κ2) is 6.75. The third-order valence-corrected chi connectivity index (χ3v) is 6.70. The van der Waals surface area contributed by atoms with E-state index in [-0.39, 0.29) is 29.9 Å². The monoisotopic (exact) mass is 397 g/mol. The maximum Gasteiger partial charge on any atom is 0.414 e. The van der Waals surface area contributed by atoms with Gasteiger partial charge in [0.25, 0.3) is 0 Å². The smallest absolute Gasteiger partial charge is 0.414 e. The van der Waals surface area contributed by atoms with Gasteiger partial charge in [-0.3, -0.25) is 4.90 Å². The van der Waals surface area contributed by atoms with Crippen LogP contribution in [0.25, 0.3) is 0 Å². The molecule has 146 valence electrons. The number of amides is 1. The number of carbonyl (C=O) groups excluding carboxylic acids is 1. The maximum atomic E-state index is 14.6. The number of thioether (sulfide) groups is 1. The minimum Gasteiger partial charge on any atom is -0.442 e. The Balaban J connectivity index is 1.47. The molecule has 3 fully saturated rings. The SMILES string of the molecule is N/C=C\N(N)CC1CN(c2cc(F)c(N3CC4(CSC4)C3)c(F)c2)C(=O)O1. The van der Waals surface area contributed by atoms with E-state index in [2.05, 4.69) is 0 Å². The molecule has 0 aliphatic carbocycles. The van der Waals surface area contributed by atoms with Gasteiger partial charge in [-0.25, -0.2) is 19.4 Å². The second-order valence-electron chi connectivity index (χ2n) is 7.26. The van der Waals surface area contributed by atoms with Crippen molar-refractivity contribution in [2.75, 3.05) is 47.5 Å². The molecule has 1 aromatic rings. The summed E-state index contributed by atoms with van der Waals surface area (Å²) in [5.74, 6) is 6.43. The summed E-state index contributed by atoms with van der Waals surface area (Å²) in [6, 6.07) is 2.37. The zero-order valence-electron chi connectivity index (χ0n) is 14.6. The highest BCUT2D eigenvalue weighted by Gasteiger charge is 2.49. The summed E-state index contributed by atoms with van der Waals surface area (Å²) in [6.45, 7) is 1.70. The van der Waals surface area contributed by atoms with Crippen LogP contribution >= 0.6 is 11.8 Å². The Morgan fingerprint density at radius 1 is 1.33 bits per heavy atom. The average molecular weight is 397 g/mol. The van der Waals surface area contributed by atoms with Crippen LogP contribution in [0.2, 0.25) is 0 Å². The Kier molecular flexibility index (Phi) is 4.55. The number of benzene rings is 1. The molecule has 4 rings (SSSR count). The van der Waals surface area contributed by atoms with Crippen LogP contribution in [-0.4, -0.2) is 54.9 Å². The number of ether oxygens (including phenoxy) is 1. The molecule has 0 aromatic heterocycles. The molecule has 3 saturated heterocycles. The molecule has 0 saturated carbocycles. The van der Waals surface area contributed by atoms with Crippen molar-refractivity contribution in [3.8, 4) is 0 Å². The van der Waals surface area contributed by atoms with E-state index in [9.17, 15) is 13.6 Å². The van der Waals surface area contributed by atoms with E-state index in [4.69, 9.17) is 16.3 Å². The standard InChI is InChI=1S/C17H21F2N5O2S/c18-13-3-11(24-6-12(26-16(24)25)5-23(21)2-1-20)4-14(19)15(13)22-7-17(8-22)9-27-10-17/h1-4,12H,5-10,20-21H2/b2-1-. The summed E-state index contributed by atoms with van der Waals surface area (Å²) < 4.78 is 34.5. The lowest BCUT2D eigenvalue weighted by molar-refractivity contribution is 0.122. The molecule has 3 aliphatic heterocycles. The van der Waals surface area contributed by atoms with Gasteiger partial charge in [-0.15, -0.1) is 0 Å². The van der Waals surface area contributed by atoms with Crippen molar-refractivity contribution in [3.05, 3.63) is 36.2 Å². The Morgan fingerprint density at radius 3 is 2.56 bits per heavy atom. The fourth-order valence-electron chi connectivity index (χ4n) is 3.74. The molecule has 1 aromatic carbocycles. The van der Waals surface area contributed by atoms with Crippen molar-refractivity contribution in [1.82, 2.24) is 5.01 Å². The molecular weight excluding hydrogens is 376 g/mol. The van der Waals surface area contributed by atoms with Crippen LogP contribution in [0.1, 0.15) is 0 Å². The zero-order valence-corrected chi connectivity index (χ0v) is 15.4. The number of rotatable bonds is 5. The van der Waals surface area contributed by atoms with Crippen molar-refractivity contribution in [3.63, 3.8) is 0 Å². The molecule has 10 heteroatoms. The van der Waals surface area contributed by atoms with Crippen LogP contribution in [0.3, 0.4) is 0 Å². The molecule has 4 N–H and O–H groups in total. The Labute approximate surface area is 159 Å². The molecule has 3 aliphatic rings. The van der Waals surface area contributed by atoms with Crippen LogP contribution in [0.5, 0.6) is 0 Å². The predicted molar refractivity (Wildman–Crippen MR) is 100 cm³/mol. The second-order valence-corrected chi connectivity index (χ2v) is 8.25. The first-order chi connectivity index (χ1) is 12.9. The van der Waals surface area contributed by atoms with Crippen LogP contribution in [-0.2, 0) is 4.74 Å². The summed E-state index contributed by atoms with van der Waals surface area (Å²) >= 11 is 1.86. The van der Waals surface area contributed by atoms with E-state index in [1.165, 1.54) is 34.4 Å². The highest BCUT2D eigenvalue weighted by Crippen LogP contribution is 2.48. The largest absolute Gasteiger partial charge is 0.442 e. The fourth-order valence-corrected chi connectivity index (χ4v) is 4.89. The minimum absolute atomic E-state index is 0.0217. The lowest BCUT2D eigenvalue weighted by Gasteiger charge is -2.56. The third-order valence-electron chi connectivity index (χ3n) is 5.06.